The van der Waals surface area contributed by atoms with Gasteiger partial charge in [-0.1, -0.05) is 91.0 Å². The van der Waals surface area contributed by atoms with Crippen molar-refractivity contribution in [2.45, 2.75) is 91.5 Å². The molecule has 0 aromatic heterocycles. The van der Waals surface area contributed by atoms with Crippen LogP contribution in [0.3, 0.4) is 0 Å². The number of amides is 2. The predicted octanol–water partition coefficient (Wildman–Crippen LogP) is -1.000. The quantitative estimate of drug-likeness (QED) is 0.0284. The van der Waals surface area contributed by atoms with Crippen LogP contribution in [0.2, 0.25) is 27.3 Å². The molecule has 0 spiro atoms. The number of likely N-dealkylation sites (N-methyl/N-ethyl adjacent to an activating group) is 1. The number of rotatable bonds is 20. The Hall–Kier alpha value is -5.21. The number of carboxylic acid groups (broad SMARTS) is 2. The van der Waals surface area contributed by atoms with Crippen LogP contribution in [0.5, 0.6) is 0 Å². The zero-order valence-corrected chi connectivity index (χ0v) is 50.2. The molecule has 4 aliphatic heterocycles. The number of carbonyl (C=O) groups excluding carboxylic acids is 4. The van der Waals surface area contributed by atoms with Gasteiger partial charge in [0.05, 0.1) is 55.0 Å². The van der Waals surface area contributed by atoms with Crippen molar-refractivity contribution in [3.8, 4) is 0 Å². The maximum absolute atomic E-state index is 12.3. The Bertz CT molecular complexity index is 2450. The number of nitrogens with one attached hydrogen (secondary N) is 3. The largest absolute Gasteiger partial charge is 1.00 e. The SMILES string of the molecule is CB(O)N1C[C@@H](NC(=O)OCc2ccccc2)[C@H](C(=O)O)C1.CCOC(=O)[C@@H]1CN(B(C)O)C[C@H]1N(Cl)[C@@H](C)c1ccccc1.CCOC(=O)[C@@H]1CN(B(C)O)C[C@H]1NC(=O)OCc1ccccc1.CN[C@@H]1CN(B(C)O)C[C@H]1C(=O)O.[Li+].[OH-]. The van der Waals surface area contributed by atoms with E-state index in [1.54, 1.807) is 67.0 Å². The molecule has 0 bridgehead atoms. The first-order valence-corrected chi connectivity index (χ1v) is 27.9. The van der Waals surface area contributed by atoms with Crippen LogP contribution in [-0.2, 0) is 51.3 Å². The molecular weight excluding hydrogens is 1110 g/mol. The first-order valence-electron chi connectivity index (χ1n) is 27.6. The van der Waals surface area contributed by atoms with E-state index in [-0.39, 0.29) is 93.2 Å². The minimum Gasteiger partial charge on any atom is -0.870 e. The van der Waals surface area contributed by atoms with Gasteiger partial charge in [0.1, 0.15) is 13.2 Å². The molecule has 4 aliphatic rings. The van der Waals surface area contributed by atoms with Crippen LogP contribution in [0.4, 0.5) is 9.59 Å². The molecule has 0 unspecified atom stereocenters. The predicted molar refractivity (Wildman–Crippen MR) is 312 cm³/mol. The van der Waals surface area contributed by atoms with E-state index in [1.807, 2.05) is 103 Å². The summed E-state index contributed by atoms with van der Waals surface area (Å²) >= 11 is 6.60. The van der Waals surface area contributed by atoms with Crippen LogP contribution in [-0.4, -0.2) is 221 Å². The molecular formula is C53H82B4ClLiN8O17. The molecule has 0 radical (unpaired) electrons. The molecule has 3 aromatic rings. The van der Waals surface area contributed by atoms with Gasteiger partial charge in [0.2, 0.25) is 0 Å². The third-order valence-electron chi connectivity index (χ3n) is 14.7. The first-order chi connectivity index (χ1) is 39.0. The van der Waals surface area contributed by atoms with Crippen LogP contribution >= 0.6 is 11.8 Å². The number of carboxylic acids is 2. The third-order valence-corrected chi connectivity index (χ3v) is 15.2. The Balaban J connectivity index is 0.000000387. The van der Waals surface area contributed by atoms with E-state index in [0.29, 0.717) is 45.9 Å². The van der Waals surface area contributed by atoms with Crippen LogP contribution in [0.15, 0.2) is 91.0 Å². The van der Waals surface area contributed by atoms with Crippen molar-refractivity contribution < 1.29 is 102 Å². The number of alkyl carbamates (subject to hydrolysis) is 2. The monoisotopic (exact) mass is 1190 g/mol. The van der Waals surface area contributed by atoms with E-state index in [9.17, 15) is 54.0 Å². The summed E-state index contributed by atoms with van der Waals surface area (Å²) in [5, 5.41) is 64.7. The number of benzene rings is 3. The van der Waals surface area contributed by atoms with E-state index < -0.39 is 82.2 Å². The Morgan fingerprint density at radius 3 is 1.25 bits per heavy atom. The first kappa shape index (κ1) is 74.9. The summed E-state index contributed by atoms with van der Waals surface area (Å²) in [5.74, 6) is -4.52. The van der Waals surface area contributed by atoms with E-state index in [4.69, 9.17) is 35.8 Å². The summed E-state index contributed by atoms with van der Waals surface area (Å²) in [6.07, 6.45) is -1.25. The van der Waals surface area contributed by atoms with Crippen molar-refractivity contribution in [3.05, 3.63) is 108 Å². The number of nitrogens with zero attached hydrogens (tertiary/aromatic N) is 5. The van der Waals surface area contributed by atoms with Crippen LogP contribution < -0.4 is 34.8 Å². The molecule has 84 heavy (non-hydrogen) atoms. The molecule has 4 saturated heterocycles. The number of hydrogen-bond acceptors (Lipinski definition) is 21. The molecule has 0 saturated carbocycles. The maximum Gasteiger partial charge on any atom is 1.00 e. The Morgan fingerprint density at radius 2 is 0.881 bits per heavy atom. The van der Waals surface area contributed by atoms with Gasteiger partial charge in [0.15, 0.2) is 0 Å². The molecule has 0 aliphatic carbocycles. The normalized spacial score (nSPS) is 22.3. The van der Waals surface area contributed by atoms with Gasteiger partial charge < -0.3 is 89.9 Å². The van der Waals surface area contributed by atoms with Crippen molar-refractivity contribution in [3.63, 3.8) is 0 Å². The summed E-state index contributed by atoms with van der Waals surface area (Å²) in [6.45, 7) is 16.1. The zero-order valence-electron chi connectivity index (χ0n) is 49.5. The van der Waals surface area contributed by atoms with Crippen LogP contribution in [0, 0.1) is 23.7 Å². The number of aliphatic carboxylic acids is 2. The number of ether oxygens (including phenoxy) is 4. The van der Waals surface area contributed by atoms with Crippen molar-refractivity contribution >= 4 is 76.0 Å². The molecule has 4 heterocycles. The van der Waals surface area contributed by atoms with Crippen LogP contribution in [0.1, 0.15) is 43.5 Å². The molecule has 3 aromatic carbocycles. The van der Waals surface area contributed by atoms with E-state index in [1.165, 1.54) is 0 Å². The minimum absolute atomic E-state index is 0. The minimum atomic E-state index is -1.00. The van der Waals surface area contributed by atoms with Crippen molar-refractivity contribution in [1.82, 2.24) is 39.6 Å². The second kappa shape index (κ2) is 38.1. The Morgan fingerprint density at radius 1 is 0.548 bits per heavy atom. The topological polar surface area (TPSA) is 343 Å². The average Bonchev–Trinajstić information content (AvgIpc) is 4.49. The molecule has 7 rings (SSSR count). The smallest absolute Gasteiger partial charge is 0.870 e. The molecule has 31 heteroatoms. The van der Waals surface area contributed by atoms with Gasteiger partial charge >= 0.3 is 83.1 Å². The van der Waals surface area contributed by atoms with Crippen LogP contribution in [0.25, 0.3) is 0 Å². The zero-order chi connectivity index (χ0) is 60.6. The summed E-state index contributed by atoms with van der Waals surface area (Å²) in [6, 6.07) is 27.1. The molecule has 2 amide bonds. The fourth-order valence-corrected chi connectivity index (χ4v) is 10.1. The standard InChI is InChI=1S/C16H24BClN2O3.C16H23BN2O5.C14H19BN2O5.C7H15BN2O3.Li.H2O/c1-4-23-16(21)14-10-19(17(3)22)11-15(14)20(18)12(2)13-8-6-5-7-9-13;1-3-23-15(20)13-9-19(17(2)22)10-14(13)18-16(21)24-11-12-7-5-4-6-8-12;1-15(21)17-7-11(13(18)19)12(8-17)16-14(20)22-9-10-5-3-2-4-6-10;1-8(13)10-3-5(7(11)12)6(4-10)9-2;;/h5-9,12,14-15,22H,4,10-11H2,1-3H3;4-8,13-14,22H,3,9-11H2,1-2H3,(H,18,21);2-6,11-12,21H,7-9H2,1H3,(H,16,20)(H,18,19);5-6,9,13H,3-4H2,1-2H3,(H,11,12);;1H2/q;;;;+1;/p-1/t12-,14+,15+;13-,14-;11-,12-;5-,6-;;/m0111../s1. The summed E-state index contributed by atoms with van der Waals surface area (Å²) in [4.78, 5) is 77.1. The van der Waals surface area contributed by atoms with Gasteiger partial charge in [-0.3, -0.25) is 19.2 Å². The van der Waals surface area contributed by atoms with E-state index in [2.05, 4.69) is 16.0 Å². The second-order valence-electron chi connectivity index (χ2n) is 20.5. The number of halogens is 1. The number of hydrogen-bond donors (Lipinski definition) is 9. The Kier molecular flexibility index (Phi) is 33.9. The number of esters is 2. The van der Waals surface area contributed by atoms with E-state index in [0.717, 1.165) is 16.7 Å². The molecule has 9 atom stereocenters. The van der Waals surface area contributed by atoms with E-state index >= 15 is 0 Å². The molecule has 25 nitrogen and oxygen atoms in total. The fourth-order valence-electron chi connectivity index (χ4n) is 9.84. The number of carbonyl (C=O) groups is 6. The average molecular weight is 1190 g/mol. The van der Waals surface area contributed by atoms with Gasteiger partial charge in [-0.2, -0.15) is 0 Å². The second-order valence-corrected chi connectivity index (χ2v) is 20.9. The summed E-state index contributed by atoms with van der Waals surface area (Å²) < 4.78 is 22.2. The van der Waals surface area contributed by atoms with Gasteiger partial charge in [0.25, 0.3) is 0 Å². The van der Waals surface area contributed by atoms with Crippen molar-refractivity contribution in [2.75, 3.05) is 72.6 Å². The summed E-state index contributed by atoms with van der Waals surface area (Å²) in [7, 11) is -0.899. The molecule has 10 N–H and O–H groups in total. The van der Waals surface area contributed by atoms with Gasteiger partial charge in [-0.05, 0) is 83.6 Å². The third kappa shape index (κ3) is 23.6. The van der Waals surface area contributed by atoms with Crippen molar-refractivity contribution in [1.29, 1.82) is 0 Å². The Labute approximate surface area is 511 Å². The molecule has 4 fully saturated rings. The van der Waals surface area contributed by atoms with Gasteiger partial charge in [-0.25, -0.2) is 14.0 Å². The summed E-state index contributed by atoms with van der Waals surface area (Å²) in [5.41, 5.74) is 2.82. The molecule has 456 valence electrons. The van der Waals surface area contributed by atoms with Crippen molar-refractivity contribution in [2.24, 2.45) is 23.7 Å². The van der Waals surface area contributed by atoms with Gasteiger partial charge in [0, 0.05) is 64.4 Å². The fraction of sp³-hybridized carbons (Fsp3) is 0.547. The van der Waals surface area contributed by atoms with Gasteiger partial charge in [-0.15, -0.1) is 0 Å². The maximum atomic E-state index is 12.3.